The van der Waals surface area contributed by atoms with Gasteiger partial charge in [-0.1, -0.05) is 38.8 Å². The maximum atomic E-state index is 13.4. The molecule has 0 fully saturated rings. The molecule has 0 bridgehead atoms. The van der Waals surface area contributed by atoms with E-state index in [0.717, 1.165) is 0 Å². The zero-order valence-corrected chi connectivity index (χ0v) is 29.8. The highest BCUT2D eigenvalue weighted by Crippen LogP contribution is 2.19. The van der Waals surface area contributed by atoms with Gasteiger partial charge in [0.15, 0.2) is 11.6 Å². The van der Waals surface area contributed by atoms with Gasteiger partial charge < -0.3 is 41.5 Å². The summed E-state index contributed by atoms with van der Waals surface area (Å²) in [6.45, 7) is 5.02. The quantitative estimate of drug-likeness (QED) is 0.0939. The third kappa shape index (κ3) is 15.2. The van der Waals surface area contributed by atoms with Gasteiger partial charge in [-0.2, -0.15) is 0 Å². The van der Waals surface area contributed by atoms with Crippen LogP contribution in [0.4, 0.5) is 15.3 Å². The molecular formula is C35H53N7O8. The summed E-state index contributed by atoms with van der Waals surface area (Å²) in [6, 6.07) is 4.12. The van der Waals surface area contributed by atoms with Crippen molar-refractivity contribution in [3.8, 4) is 0 Å². The largest absolute Gasteiger partial charge is 0.445 e. The van der Waals surface area contributed by atoms with Crippen molar-refractivity contribution in [2.45, 2.75) is 77.5 Å². The number of nitrogens with zero attached hydrogens (tertiary/aromatic N) is 2. The van der Waals surface area contributed by atoms with Crippen LogP contribution in [0.25, 0.3) is 0 Å². The number of likely N-dealkylation sites (N-methyl/N-ethyl adjacent to an activating group) is 2. The van der Waals surface area contributed by atoms with E-state index in [1.807, 2.05) is 19.0 Å². The number of carbonyl (C=O) groups is 7. The fourth-order valence-electron chi connectivity index (χ4n) is 5.07. The molecule has 0 unspecified atom stereocenters. The van der Waals surface area contributed by atoms with Crippen LogP contribution in [0.1, 0.15) is 64.4 Å². The molecule has 0 aliphatic heterocycles. The highest BCUT2D eigenvalue weighted by atomic mass is 16.6. The second-order valence-corrected chi connectivity index (χ2v) is 13.0. The van der Waals surface area contributed by atoms with E-state index in [2.05, 4.69) is 21.3 Å². The number of urea groups is 1. The molecule has 1 aliphatic rings. The molecule has 15 heteroatoms. The lowest BCUT2D eigenvalue weighted by Gasteiger charge is -2.25. The Bertz CT molecular complexity index is 1350. The molecule has 15 nitrogen and oxygen atoms in total. The van der Waals surface area contributed by atoms with E-state index < -0.39 is 41.9 Å². The molecule has 2 rings (SSSR count). The van der Waals surface area contributed by atoms with Crippen molar-refractivity contribution in [3.63, 3.8) is 0 Å². The number of ketones is 2. The molecule has 0 radical (unpaired) electrons. The Morgan fingerprint density at radius 1 is 0.860 bits per heavy atom. The van der Waals surface area contributed by atoms with Gasteiger partial charge in [0.05, 0.1) is 5.92 Å². The smallest absolute Gasteiger partial charge is 0.409 e. The highest BCUT2D eigenvalue weighted by molar-refractivity contribution is 6.18. The molecule has 0 spiro atoms. The SMILES string of the molecule is CC(C)[C@H](NC(=O)CCCCCC1C(=O)C=CC1=O)C(=O)N[C@@H](CCCNC(N)=O)C(=O)Nc1ccc(COC(=O)N(C)CCN(C)C)cc1. The fourth-order valence-corrected chi connectivity index (χ4v) is 5.07. The number of anilines is 1. The summed E-state index contributed by atoms with van der Waals surface area (Å²) in [6.07, 6.45) is 5.05. The summed E-state index contributed by atoms with van der Waals surface area (Å²) in [5.41, 5.74) is 6.32. The third-order valence-corrected chi connectivity index (χ3v) is 8.14. The van der Waals surface area contributed by atoms with E-state index in [-0.39, 0.29) is 49.4 Å². The van der Waals surface area contributed by atoms with E-state index >= 15 is 0 Å². The van der Waals surface area contributed by atoms with E-state index in [0.29, 0.717) is 56.4 Å². The van der Waals surface area contributed by atoms with Crippen LogP contribution in [0.2, 0.25) is 0 Å². The Labute approximate surface area is 294 Å². The minimum atomic E-state index is -0.996. The summed E-state index contributed by atoms with van der Waals surface area (Å²) in [5, 5.41) is 10.8. The summed E-state index contributed by atoms with van der Waals surface area (Å²) in [5.74, 6) is -2.62. The van der Waals surface area contributed by atoms with Crippen molar-refractivity contribution in [1.29, 1.82) is 0 Å². The molecular weight excluding hydrogens is 646 g/mol. The average Bonchev–Trinajstić information content (AvgIpc) is 3.38. The van der Waals surface area contributed by atoms with Crippen molar-refractivity contribution in [2.75, 3.05) is 46.1 Å². The second-order valence-electron chi connectivity index (χ2n) is 13.0. The molecule has 0 saturated heterocycles. The van der Waals surface area contributed by atoms with Gasteiger partial charge in [0, 0.05) is 38.8 Å². The first-order valence-electron chi connectivity index (χ1n) is 17.0. The van der Waals surface area contributed by atoms with Gasteiger partial charge in [0.25, 0.3) is 0 Å². The lowest BCUT2D eigenvalue weighted by molar-refractivity contribution is -0.132. The van der Waals surface area contributed by atoms with Gasteiger partial charge in [-0.05, 0) is 75.5 Å². The van der Waals surface area contributed by atoms with Crippen LogP contribution in [0.15, 0.2) is 36.4 Å². The summed E-state index contributed by atoms with van der Waals surface area (Å²) in [7, 11) is 5.49. The molecule has 1 aliphatic carbocycles. The standard InChI is InChI=1S/C35H53N7O8/c1-23(2)31(40-30(45)12-8-6-7-10-26-28(43)17-18-29(26)44)33(47)39-27(11-9-19-37-34(36)48)32(46)38-25-15-13-24(14-16-25)22-50-35(49)42(5)21-20-41(3)4/h13-18,23,26-27,31H,6-12,19-22H2,1-5H3,(H,38,46)(H,39,47)(H,40,45)(H3,36,37,48)/t27-,31-/m0/s1. The number of primary amides is 1. The van der Waals surface area contributed by atoms with Gasteiger partial charge >= 0.3 is 12.1 Å². The van der Waals surface area contributed by atoms with Crippen molar-refractivity contribution in [2.24, 2.45) is 17.6 Å². The first-order chi connectivity index (χ1) is 23.7. The number of benzene rings is 1. The van der Waals surface area contributed by atoms with Crippen LogP contribution in [-0.4, -0.2) is 104 Å². The molecule has 0 aromatic heterocycles. The van der Waals surface area contributed by atoms with Crippen molar-refractivity contribution in [1.82, 2.24) is 25.8 Å². The van der Waals surface area contributed by atoms with Crippen LogP contribution in [0.3, 0.4) is 0 Å². The maximum Gasteiger partial charge on any atom is 0.409 e. The monoisotopic (exact) mass is 699 g/mol. The number of hydrogen-bond donors (Lipinski definition) is 5. The number of carbonyl (C=O) groups excluding carboxylic acids is 7. The summed E-state index contributed by atoms with van der Waals surface area (Å²) < 4.78 is 5.36. The topological polar surface area (TPSA) is 209 Å². The molecule has 276 valence electrons. The number of ether oxygens (including phenoxy) is 1. The number of nitrogens with one attached hydrogen (secondary N) is 4. The Kier molecular flexibility index (Phi) is 17.7. The van der Waals surface area contributed by atoms with Gasteiger partial charge in [0.1, 0.15) is 18.7 Å². The molecule has 50 heavy (non-hydrogen) atoms. The van der Waals surface area contributed by atoms with E-state index in [4.69, 9.17) is 10.5 Å². The predicted octanol–water partition coefficient (Wildman–Crippen LogP) is 2.10. The normalized spacial score (nSPS) is 14.0. The molecule has 1 aromatic carbocycles. The number of amides is 6. The molecule has 1 aromatic rings. The Balaban J connectivity index is 1.94. The minimum Gasteiger partial charge on any atom is -0.445 e. The first kappa shape index (κ1) is 41.4. The summed E-state index contributed by atoms with van der Waals surface area (Å²) in [4.78, 5) is 89.8. The minimum absolute atomic E-state index is 0.0490. The van der Waals surface area contributed by atoms with E-state index in [1.165, 1.54) is 17.1 Å². The van der Waals surface area contributed by atoms with Gasteiger partial charge in [-0.25, -0.2) is 9.59 Å². The number of hydrogen-bond acceptors (Lipinski definition) is 9. The van der Waals surface area contributed by atoms with Crippen LogP contribution in [-0.2, 0) is 35.3 Å². The van der Waals surface area contributed by atoms with E-state index in [9.17, 15) is 33.6 Å². The van der Waals surface area contributed by atoms with Crippen molar-refractivity contribution < 1.29 is 38.3 Å². The molecule has 2 atom stereocenters. The third-order valence-electron chi connectivity index (χ3n) is 8.14. The van der Waals surface area contributed by atoms with Gasteiger partial charge in [-0.3, -0.25) is 24.0 Å². The second kappa shape index (κ2) is 21.3. The van der Waals surface area contributed by atoms with Crippen molar-refractivity contribution in [3.05, 3.63) is 42.0 Å². The van der Waals surface area contributed by atoms with Crippen LogP contribution < -0.4 is 27.0 Å². The predicted molar refractivity (Wildman–Crippen MR) is 188 cm³/mol. The number of allylic oxidation sites excluding steroid dienone is 2. The molecule has 6 amide bonds. The molecule has 0 heterocycles. The fraction of sp³-hybridized carbons (Fsp3) is 0.571. The van der Waals surface area contributed by atoms with Gasteiger partial charge in [0.2, 0.25) is 17.7 Å². The van der Waals surface area contributed by atoms with Crippen LogP contribution in [0.5, 0.6) is 0 Å². The van der Waals surface area contributed by atoms with Crippen LogP contribution in [0, 0.1) is 11.8 Å². The Morgan fingerprint density at radius 3 is 2.12 bits per heavy atom. The summed E-state index contributed by atoms with van der Waals surface area (Å²) >= 11 is 0. The van der Waals surface area contributed by atoms with Crippen molar-refractivity contribution >= 4 is 47.1 Å². The lowest BCUT2D eigenvalue weighted by Crippen LogP contribution is -2.54. The number of rotatable bonds is 21. The Morgan fingerprint density at radius 2 is 1.52 bits per heavy atom. The molecule has 0 saturated carbocycles. The average molecular weight is 700 g/mol. The molecule has 6 N–H and O–H groups in total. The highest BCUT2D eigenvalue weighted by Gasteiger charge is 2.29. The zero-order chi connectivity index (χ0) is 37.2. The van der Waals surface area contributed by atoms with E-state index in [1.54, 1.807) is 45.2 Å². The number of nitrogens with two attached hydrogens (primary N) is 1. The number of unbranched alkanes of at least 4 members (excludes halogenated alkanes) is 2. The Hall–Kier alpha value is -4.79. The maximum absolute atomic E-state index is 13.4. The van der Waals surface area contributed by atoms with Gasteiger partial charge in [-0.15, -0.1) is 0 Å². The lowest BCUT2D eigenvalue weighted by atomic mass is 9.97. The van der Waals surface area contributed by atoms with Crippen LogP contribution >= 0.6 is 0 Å². The zero-order valence-electron chi connectivity index (χ0n) is 29.8. The first-order valence-corrected chi connectivity index (χ1v) is 17.0.